The number of hydrogen-bond acceptors (Lipinski definition) is 1. The number of pyridine rings is 1. The van der Waals surface area contributed by atoms with E-state index < -0.39 is 0 Å². The first-order chi connectivity index (χ1) is 4.33. The van der Waals surface area contributed by atoms with Gasteiger partial charge >= 0.3 is 0 Å². The Morgan fingerprint density at radius 3 is 2.78 bits per heavy atom. The van der Waals surface area contributed by atoms with Gasteiger partial charge in [-0.1, -0.05) is 6.32 Å². The fraction of sp³-hybridized carbons (Fsp3) is 0.167. The first kappa shape index (κ1) is 6.81. The van der Waals surface area contributed by atoms with Crippen molar-refractivity contribution in [3.05, 3.63) is 28.5 Å². The largest absolute Gasteiger partial charge is 0.263 e. The van der Waals surface area contributed by atoms with Crippen molar-refractivity contribution in [1.82, 2.24) is 4.98 Å². The monoisotopic (exact) mass is 181 g/mol. The molecule has 44 valence electrons. The summed E-state index contributed by atoms with van der Waals surface area (Å²) in [5.41, 5.74) is 1.05. The molecule has 0 bridgehead atoms. The van der Waals surface area contributed by atoms with E-state index >= 15 is 0 Å². The molecule has 0 spiro atoms. The zero-order valence-corrected chi connectivity index (χ0v) is 6.43. The van der Waals surface area contributed by atoms with Crippen LogP contribution >= 0.6 is 15.9 Å². The zero-order valence-electron chi connectivity index (χ0n) is 4.84. The fourth-order valence-corrected chi connectivity index (χ4v) is 0.980. The third kappa shape index (κ3) is 1.82. The molecular formula is C6H5BBrN. The first-order valence-corrected chi connectivity index (χ1v) is 3.41. The molecule has 0 atom stereocenters. The second kappa shape index (κ2) is 3.02. The van der Waals surface area contributed by atoms with Crippen molar-refractivity contribution in [1.29, 1.82) is 0 Å². The molecule has 9 heavy (non-hydrogen) atoms. The Labute approximate surface area is 64.0 Å². The summed E-state index contributed by atoms with van der Waals surface area (Å²) in [7, 11) is 5.36. The van der Waals surface area contributed by atoms with Crippen molar-refractivity contribution in [2.24, 2.45) is 0 Å². The van der Waals surface area contributed by atoms with E-state index in [1.54, 1.807) is 12.4 Å². The number of rotatable bonds is 1. The summed E-state index contributed by atoms with van der Waals surface area (Å²) in [5, 5.41) is 0. The highest BCUT2D eigenvalue weighted by Crippen LogP contribution is 2.08. The molecular weight excluding hydrogens is 177 g/mol. The van der Waals surface area contributed by atoms with Gasteiger partial charge in [0.25, 0.3) is 0 Å². The van der Waals surface area contributed by atoms with Gasteiger partial charge in [-0.25, -0.2) is 0 Å². The van der Waals surface area contributed by atoms with Gasteiger partial charge in [0, 0.05) is 16.9 Å². The lowest BCUT2D eigenvalue weighted by molar-refractivity contribution is 1.23. The van der Waals surface area contributed by atoms with E-state index in [2.05, 4.69) is 20.9 Å². The van der Waals surface area contributed by atoms with E-state index in [-0.39, 0.29) is 0 Å². The number of hydrogen-bond donors (Lipinski definition) is 0. The van der Waals surface area contributed by atoms with Gasteiger partial charge < -0.3 is 0 Å². The second-order valence-electron chi connectivity index (χ2n) is 1.72. The van der Waals surface area contributed by atoms with Crippen LogP contribution in [-0.4, -0.2) is 12.8 Å². The lowest BCUT2D eigenvalue weighted by Crippen LogP contribution is -1.83. The molecule has 2 radical (unpaired) electrons. The quantitative estimate of drug-likeness (QED) is 0.599. The van der Waals surface area contributed by atoms with Crippen LogP contribution < -0.4 is 0 Å². The van der Waals surface area contributed by atoms with E-state index in [0.29, 0.717) is 6.32 Å². The Hall–Kier alpha value is -0.305. The summed E-state index contributed by atoms with van der Waals surface area (Å²) in [5.74, 6) is 0. The molecule has 0 saturated heterocycles. The highest BCUT2D eigenvalue weighted by molar-refractivity contribution is 9.10. The number of nitrogens with zero attached hydrogens (tertiary/aromatic N) is 1. The fourth-order valence-electron chi connectivity index (χ4n) is 0.567. The SMILES string of the molecule is [B]Cc1cncc(Br)c1. The van der Waals surface area contributed by atoms with Crippen LogP contribution in [0.1, 0.15) is 5.56 Å². The van der Waals surface area contributed by atoms with Crippen molar-refractivity contribution in [2.75, 3.05) is 0 Å². The van der Waals surface area contributed by atoms with E-state index in [4.69, 9.17) is 7.85 Å². The standard InChI is InChI=1S/C6H5BBrN/c7-2-5-1-6(8)4-9-3-5/h1,3-4H,2H2. The third-order valence-corrected chi connectivity index (χ3v) is 1.43. The molecule has 1 heterocycles. The molecule has 0 unspecified atom stereocenters. The van der Waals surface area contributed by atoms with Crippen molar-refractivity contribution < 1.29 is 0 Å². The van der Waals surface area contributed by atoms with Gasteiger partial charge in [-0.15, -0.1) is 0 Å². The maximum absolute atomic E-state index is 5.36. The second-order valence-corrected chi connectivity index (χ2v) is 2.63. The summed E-state index contributed by atoms with van der Waals surface area (Å²) in [4.78, 5) is 3.93. The van der Waals surface area contributed by atoms with E-state index in [9.17, 15) is 0 Å². The average Bonchev–Trinajstić information content (AvgIpc) is 1.88. The van der Waals surface area contributed by atoms with Crippen LogP contribution in [-0.2, 0) is 6.32 Å². The maximum Gasteiger partial charge on any atom is 0.0717 e. The molecule has 0 aliphatic carbocycles. The predicted octanol–water partition coefficient (Wildman–Crippen LogP) is 1.51. The topological polar surface area (TPSA) is 12.9 Å². The molecule has 1 aromatic heterocycles. The minimum atomic E-state index is 0.548. The van der Waals surface area contributed by atoms with Gasteiger partial charge in [-0.3, -0.25) is 4.98 Å². The lowest BCUT2D eigenvalue weighted by atomic mass is 9.99. The van der Waals surface area contributed by atoms with Crippen molar-refractivity contribution >= 4 is 23.8 Å². The van der Waals surface area contributed by atoms with E-state index in [0.717, 1.165) is 10.0 Å². The molecule has 0 aliphatic heterocycles. The Bertz CT molecular complexity index is 202. The van der Waals surface area contributed by atoms with Gasteiger partial charge in [0.15, 0.2) is 0 Å². The normalized spacial score (nSPS) is 9.44. The summed E-state index contributed by atoms with van der Waals surface area (Å²) in [6.07, 6.45) is 4.04. The molecule has 1 aromatic rings. The van der Waals surface area contributed by atoms with Crippen LogP contribution in [0.4, 0.5) is 0 Å². The third-order valence-electron chi connectivity index (χ3n) is 0.997. The maximum atomic E-state index is 5.36. The molecule has 0 saturated carbocycles. The molecule has 1 rings (SSSR count). The summed E-state index contributed by atoms with van der Waals surface area (Å²) >= 11 is 3.28. The predicted molar refractivity (Wildman–Crippen MR) is 41.4 cm³/mol. The highest BCUT2D eigenvalue weighted by atomic mass is 79.9. The molecule has 0 amide bonds. The van der Waals surface area contributed by atoms with E-state index in [1.165, 1.54) is 0 Å². The van der Waals surface area contributed by atoms with E-state index in [1.807, 2.05) is 6.07 Å². The van der Waals surface area contributed by atoms with Crippen LogP contribution in [0.3, 0.4) is 0 Å². The molecule has 0 N–H and O–H groups in total. The lowest BCUT2D eigenvalue weighted by Gasteiger charge is -1.93. The van der Waals surface area contributed by atoms with Crippen molar-refractivity contribution in [3.8, 4) is 0 Å². The highest BCUT2D eigenvalue weighted by Gasteiger charge is 1.88. The molecule has 1 nitrogen and oxygen atoms in total. The van der Waals surface area contributed by atoms with Gasteiger partial charge in [0.2, 0.25) is 0 Å². The zero-order chi connectivity index (χ0) is 6.69. The Balaban J connectivity index is 2.94. The van der Waals surface area contributed by atoms with Crippen molar-refractivity contribution in [2.45, 2.75) is 6.32 Å². The van der Waals surface area contributed by atoms with Crippen LogP contribution in [0.25, 0.3) is 0 Å². The van der Waals surface area contributed by atoms with Crippen LogP contribution in [0.2, 0.25) is 0 Å². The van der Waals surface area contributed by atoms with Gasteiger partial charge in [0.05, 0.1) is 7.85 Å². The van der Waals surface area contributed by atoms with Crippen LogP contribution in [0, 0.1) is 0 Å². The summed E-state index contributed by atoms with van der Waals surface area (Å²) in [6.45, 7) is 0. The molecule has 0 fully saturated rings. The smallest absolute Gasteiger partial charge is 0.0717 e. The van der Waals surface area contributed by atoms with Gasteiger partial charge in [0.1, 0.15) is 0 Å². The summed E-state index contributed by atoms with van der Waals surface area (Å²) < 4.78 is 0.977. The molecule has 3 heteroatoms. The average molecular weight is 182 g/mol. The van der Waals surface area contributed by atoms with Gasteiger partial charge in [-0.05, 0) is 27.6 Å². The Morgan fingerprint density at radius 2 is 2.33 bits per heavy atom. The molecule has 0 aromatic carbocycles. The Kier molecular flexibility index (Phi) is 2.28. The van der Waals surface area contributed by atoms with Crippen LogP contribution in [0.5, 0.6) is 0 Å². The number of halogens is 1. The first-order valence-electron chi connectivity index (χ1n) is 2.62. The molecule has 0 aliphatic rings. The number of aromatic nitrogens is 1. The Morgan fingerprint density at radius 1 is 1.56 bits per heavy atom. The van der Waals surface area contributed by atoms with Gasteiger partial charge in [-0.2, -0.15) is 0 Å². The minimum absolute atomic E-state index is 0.548. The van der Waals surface area contributed by atoms with Crippen molar-refractivity contribution in [3.63, 3.8) is 0 Å². The van der Waals surface area contributed by atoms with Crippen LogP contribution in [0.15, 0.2) is 22.9 Å². The minimum Gasteiger partial charge on any atom is -0.263 e. The summed E-state index contributed by atoms with van der Waals surface area (Å²) in [6, 6.07) is 1.95.